The molecule has 0 aliphatic carbocycles. The van der Waals surface area contributed by atoms with Gasteiger partial charge in [0.2, 0.25) is 0 Å². The Hall–Kier alpha value is -3.07. The minimum Gasteiger partial charge on any atom is -0.383 e. The number of nitrogens with two attached hydrogens (primary N) is 1. The van der Waals surface area contributed by atoms with E-state index in [2.05, 4.69) is 14.9 Å². The zero-order chi connectivity index (χ0) is 23.8. The summed E-state index contributed by atoms with van der Waals surface area (Å²) in [5.74, 6) is 0.395. The molecule has 1 saturated heterocycles. The molecule has 34 heavy (non-hydrogen) atoms. The third-order valence-corrected chi connectivity index (χ3v) is 7.74. The second kappa shape index (κ2) is 9.29. The Bertz CT molecular complexity index is 1390. The summed E-state index contributed by atoms with van der Waals surface area (Å²) in [6.07, 6.45) is 3.10. The fourth-order valence-electron chi connectivity index (χ4n) is 4.81. The zero-order valence-corrected chi connectivity index (χ0v) is 20.2. The third-order valence-electron chi connectivity index (χ3n) is 6.52. The number of halogens is 1. The number of rotatable bonds is 5. The van der Waals surface area contributed by atoms with E-state index in [1.54, 1.807) is 0 Å². The van der Waals surface area contributed by atoms with Crippen LogP contribution in [-0.4, -0.2) is 57.1 Å². The molecule has 0 radical (unpaired) electrons. The smallest absolute Gasteiger partial charge is 0.254 e. The average molecular weight is 494 g/mol. The van der Waals surface area contributed by atoms with Crippen molar-refractivity contribution < 1.29 is 9.59 Å². The van der Waals surface area contributed by atoms with Crippen molar-refractivity contribution in [3.05, 3.63) is 64.3 Å². The molecular formula is C25H24ClN5O2S. The molecule has 1 aliphatic heterocycles. The van der Waals surface area contributed by atoms with E-state index in [4.69, 9.17) is 17.3 Å². The van der Waals surface area contributed by atoms with Crippen LogP contribution in [0.2, 0.25) is 4.34 Å². The van der Waals surface area contributed by atoms with Crippen molar-refractivity contribution in [2.75, 3.05) is 18.8 Å². The summed E-state index contributed by atoms with van der Waals surface area (Å²) < 4.78 is 1.68. The summed E-state index contributed by atoms with van der Waals surface area (Å²) in [7, 11) is 0. The molecule has 1 amide bonds. The Balaban J connectivity index is 1.38. The predicted molar refractivity (Wildman–Crippen MR) is 136 cm³/mol. The number of hydrogen-bond donors (Lipinski definition) is 1. The van der Waals surface area contributed by atoms with Crippen molar-refractivity contribution in [3.8, 4) is 0 Å². The van der Waals surface area contributed by atoms with Crippen molar-refractivity contribution in [1.29, 1.82) is 0 Å². The Morgan fingerprint density at radius 1 is 1.21 bits per heavy atom. The maximum atomic E-state index is 13.5. The molecule has 9 heteroatoms. The van der Waals surface area contributed by atoms with Gasteiger partial charge in [0.25, 0.3) is 5.91 Å². The quantitative estimate of drug-likeness (QED) is 0.415. The van der Waals surface area contributed by atoms with Crippen molar-refractivity contribution >= 4 is 61.9 Å². The third kappa shape index (κ3) is 4.13. The highest BCUT2D eigenvalue weighted by atomic mass is 35.5. The van der Waals surface area contributed by atoms with Crippen LogP contribution in [0, 0.1) is 0 Å². The van der Waals surface area contributed by atoms with Gasteiger partial charge in [-0.05, 0) is 47.7 Å². The maximum Gasteiger partial charge on any atom is 0.254 e. The lowest BCUT2D eigenvalue weighted by Gasteiger charge is -2.45. The van der Waals surface area contributed by atoms with Gasteiger partial charge in [0, 0.05) is 35.3 Å². The van der Waals surface area contributed by atoms with Gasteiger partial charge in [0.1, 0.15) is 18.4 Å². The van der Waals surface area contributed by atoms with Gasteiger partial charge in [-0.2, -0.15) is 0 Å². The van der Waals surface area contributed by atoms with Crippen LogP contribution in [0.15, 0.2) is 48.8 Å². The fourth-order valence-corrected chi connectivity index (χ4v) is 6.00. The van der Waals surface area contributed by atoms with Gasteiger partial charge in [-0.25, -0.2) is 9.97 Å². The van der Waals surface area contributed by atoms with Crippen molar-refractivity contribution in [3.63, 3.8) is 0 Å². The molecule has 2 aromatic carbocycles. The first-order chi connectivity index (χ1) is 16.5. The van der Waals surface area contributed by atoms with Crippen LogP contribution < -0.4 is 5.73 Å². The first-order valence-electron chi connectivity index (χ1n) is 11.2. The molecule has 0 bridgehead atoms. The van der Waals surface area contributed by atoms with Gasteiger partial charge >= 0.3 is 0 Å². The van der Waals surface area contributed by atoms with Gasteiger partial charge in [0.15, 0.2) is 0 Å². The second-order valence-electron chi connectivity index (χ2n) is 8.48. The van der Waals surface area contributed by atoms with E-state index >= 15 is 0 Å². The predicted octanol–water partition coefficient (Wildman–Crippen LogP) is 4.38. The molecule has 3 heterocycles. The van der Waals surface area contributed by atoms with Crippen molar-refractivity contribution in [2.45, 2.75) is 32.0 Å². The Morgan fingerprint density at radius 3 is 2.85 bits per heavy atom. The zero-order valence-electron chi connectivity index (χ0n) is 18.6. The Kier molecular flexibility index (Phi) is 6.20. The summed E-state index contributed by atoms with van der Waals surface area (Å²) in [5, 5.41) is 1.83. The Labute approximate surface area is 206 Å². The van der Waals surface area contributed by atoms with E-state index in [0.29, 0.717) is 41.8 Å². The fraction of sp³-hybridized carbons (Fsp3) is 0.280. The number of aromatic nitrogens is 2. The highest BCUT2D eigenvalue weighted by molar-refractivity contribution is 7.22. The van der Waals surface area contributed by atoms with Crippen molar-refractivity contribution in [1.82, 2.24) is 19.8 Å². The molecule has 174 valence electrons. The highest BCUT2D eigenvalue weighted by Gasteiger charge is 2.38. The van der Waals surface area contributed by atoms with E-state index in [1.807, 2.05) is 54.3 Å². The topological polar surface area (TPSA) is 92.4 Å². The van der Waals surface area contributed by atoms with E-state index in [-0.39, 0.29) is 11.9 Å². The number of benzene rings is 2. The van der Waals surface area contributed by atoms with E-state index in [1.165, 1.54) is 17.7 Å². The number of nitrogens with zero attached hydrogens (tertiary/aromatic N) is 4. The van der Waals surface area contributed by atoms with Gasteiger partial charge in [-0.15, -0.1) is 11.3 Å². The van der Waals surface area contributed by atoms with Crippen LogP contribution in [0.25, 0.3) is 21.0 Å². The van der Waals surface area contributed by atoms with Crippen LogP contribution >= 0.6 is 22.9 Å². The Morgan fingerprint density at radius 2 is 2.06 bits per heavy atom. The molecular weight excluding hydrogens is 470 g/mol. The number of thiophene rings is 1. The lowest BCUT2D eigenvalue weighted by molar-refractivity contribution is -0.116. The summed E-state index contributed by atoms with van der Waals surface area (Å²) in [6, 6.07) is 12.8. The number of nitrogen functional groups attached to an aromatic ring is 1. The lowest BCUT2D eigenvalue weighted by Crippen LogP contribution is -2.61. The number of fused-ring (bicyclic) bond motifs is 2. The number of aldehydes is 1. The highest BCUT2D eigenvalue weighted by Crippen LogP contribution is 2.31. The number of carbonyl (C=O) groups is 2. The summed E-state index contributed by atoms with van der Waals surface area (Å²) in [5.41, 5.74) is 8.37. The molecule has 2 aromatic heterocycles. The van der Waals surface area contributed by atoms with E-state index in [9.17, 15) is 9.59 Å². The van der Waals surface area contributed by atoms with E-state index in [0.717, 1.165) is 32.8 Å². The number of hydrogen-bond acceptors (Lipinski definition) is 7. The molecule has 4 aromatic rings. The average Bonchev–Trinajstić information content (AvgIpc) is 3.22. The maximum absolute atomic E-state index is 13.5. The van der Waals surface area contributed by atoms with E-state index < -0.39 is 6.04 Å². The molecule has 0 saturated carbocycles. The summed E-state index contributed by atoms with van der Waals surface area (Å²) in [6.45, 7) is 3.75. The number of amides is 1. The van der Waals surface area contributed by atoms with Gasteiger partial charge in [0.05, 0.1) is 21.9 Å². The molecule has 7 nitrogen and oxygen atoms in total. The molecule has 1 unspecified atom stereocenters. The van der Waals surface area contributed by atoms with Crippen LogP contribution in [0.4, 0.5) is 5.82 Å². The first-order valence-corrected chi connectivity index (χ1v) is 12.4. The first kappa shape index (κ1) is 22.7. The second-order valence-corrected chi connectivity index (χ2v) is 10.2. The normalized spacial score (nSPS) is 19.1. The standard InChI is InChI=1S/C25H24ClN5O2S/c1-2-20-21(13-32)30(12-15-3-6-18-19(9-15)28-14-29-24(18)27)7-8-31(20)25(33)17-5-4-16-11-23(26)34-22(16)10-17/h3-6,9-11,13-14,20-21H,2,7-8,12H2,1H3,(H2,27,28,29)/t20-,21?/m0/s1. The number of carbonyl (C=O) groups excluding carboxylic acids is 2. The van der Waals surface area contributed by atoms with Crippen LogP contribution in [0.5, 0.6) is 0 Å². The van der Waals surface area contributed by atoms with Gasteiger partial charge < -0.3 is 15.4 Å². The molecule has 2 atom stereocenters. The molecule has 5 rings (SSSR count). The SMILES string of the molecule is CC[C@H]1C(C=O)N(Cc2ccc3c(N)ncnc3c2)CCN1C(=O)c1ccc2cc(Cl)sc2c1. The molecule has 1 aliphatic rings. The minimum absolute atomic E-state index is 0.0531. The minimum atomic E-state index is -0.395. The van der Waals surface area contributed by atoms with Gasteiger partial charge in [-0.3, -0.25) is 9.69 Å². The molecule has 2 N–H and O–H groups in total. The van der Waals surface area contributed by atoms with Crippen LogP contribution in [0.1, 0.15) is 29.3 Å². The lowest BCUT2D eigenvalue weighted by atomic mass is 9.97. The summed E-state index contributed by atoms with van der Waals surface area (Å²) in [4.78, 5) is 38.0. The van der Waals surface area contributed by atoms with Crippen molar-refractivity contribution in [2.24, 2.45) is 0 Å². The molecule has 1 fully saturated rings. The van der Waals surface area contributed by atoms with Gasteiger partial charge in [-0.1, -0.05) is 30.7 Å². The monoisotopic (exact) mass is 493 g/mol. The summed E-state index contributed by atoms with van der Waals surface area (Å²) >= 11 is 7.59. The number of piperazine rings is 1. The van der Waals surface area contributed by atoms with Crippen LogP contribution in [0.3, 0.4) is 0 Å². The molecule has 0 spiro atoms. The van der Waals surface area contributed by atoms with Crippen LogP contribution in [-0.2, 0) is 11.3 Å². The number of anilines is 1. The largest absolute Gasteiger partial charge is 0.383 e.